The van der Waals surface area contributed by atoms with E-state index >= 15 is 0 Å². The zero-order chi connectivity index (χ0) is 6.24. The van der Waals surface area contributed by atoms with E-state index in [4.69, 9.17) is 9.84 Å². The van der Waals surface area contributed by atoms with E-state index in [1.165, 1.54) is 0 Å². The first-order chi connectivity index (χ1) is 3.91. The highest BCUT2D eigenvalue weighted by molar-refractivity contribution is 14.0. The highest BCUT2D eigenvalue weighted by atomic mass is 127. The fourth-order valence-electron chi connectivity index (χ4n) is 0.309. The Kier molecular flexibility index (Phi) is 15.6. The van der Waals surface area contributed by atoms with Gasteiger partial charge in [-0.2, -0.15) is 0 Å². The average Bonchev–Trinajstić information content (AvgIpc) is 1.81. The summed E-state index contributed by atoms with van der Waals surface area (Å²) in [4.78, 5) is 0. The van der Waals surface area contributed by atoms with E-state index in [1.807, 2.05) is 0 Å². The highest BCUT2D eigenvalue weighted by Crippen LogP contribution is 1.72. The summed E-state index contributed by atoms with van der Waals surface area (Å²) in [7, 11) is 1.61. The van der Waals surface area contributed by atoms with Crippen LogP contribution in [0, 0.1) is 0 Å². The molecular weight excluding hydrogens is 235 g/mol. The normalized spacial score (nSPS) is 8.67. The Morgan fingerprint density at radius 3 is 2.33 bits per heavy atom. The second-order valence-electron chi connectivity index (χ2n) is 1.33. The van der Waals surface area contributed by atoms with Crippen molar-refractivity contribution in [2.24, 2.45) is 0 Å². The van der Waals surface area contributed by atoms with E-state index in [0.717, 1.165) is 0 Å². The second-order valence-corrected chi connectivity index (χ2v) is 1.33. The van der Waals surface area contributed by atoms with Crippen molar-refractivity contribution in [1.82, 2.24) is 0 Å². The molecule has 0 aliphatic carbocycles. The Morgan fingerprint density at radius 2 is 1.89 bits per heavy atom. The van der Waals surface area contributed by atoms with Gasteiger partial charge in [-0.3, -0.25) is 0 Å². The van der Waals surface area contributed by atoms with E-state index in [1.54, 1.807) is 7.11 Å². The number of ether oxygens (including phenoxy) is 2. The van der Waals surface area contributed by atoms with E-state index < -0.39 is 0 Å². The van der Waals surface area contributed by atoms with Crippen molar-refractivity contribution < 1.29 is 14.6 Å². The predicted octanol–water partition coefficient (Wildman–Crippen LogP) is 0.260. The van der Waals surface area contributed by atoms with Crippen LogP contribution in [0.25, 0.3) is 0 Å². The third-order valence-electron chi connectivity index (χ3n) is 0.667. The molecule has 0 radical (unpaired) electrons. The Morgan fingerprint density at radius 1 is 1.22 bits per heavy atom. The molecule has 0 aliphatic rings. The van der Waals surface area contributed by atoms with Crippen LogP contribution in [0.2, 0.25) is 0 Å². The van der Waals surface area contributed by atoms with Gasteiger partial charge in [-0.15, -0.1) is 24.0 Å². The second kappa shape index (κ2) is 11.4. The lowest BCUT2D eigenvalue weighted by molar-refractivity contribution is 0.0500. The van der Waals surface area contributed by atoms with Crippen molar-refractivity contribution in [3.63, 3.8) is 0 Å². The molecule has 58 valence electrons. The summed E-state index contributed by atoms with van der Waals surface area (Å²) in [6.45, 7) is 1.66. The first-order valence-electron chi connectivity index (χ1n) is 2.59. The zero-order valence-corrected chi connectivity index (χ0v) is 7.83. The molecule has 0 bridgehead atoms. The molecule has 0 aromatic heterocycles. The number of hydrogen-bond acceptors (Lipinski definition) is 3. The third kappa shape index (κ3) is 12.0. The Hall–Kier alpha value is 0.610. The lowest BCUT2D eigenvalue weighted by Crippen LogP contribution is -2.05. The van der Waals surface area contributed by atoms with Crippen molar-refractivity contribution in [3.05, 3.63) is 0 Å². The monoisotopic (exact) mass is 248 g/mol. The van der Waals surface area contributed by atoms with Gasteiger partial charge in [-0.05, 0) is 0 Å². The summed E-state index contributed by atoms with van der Waals surface area (Å²) >= 11 is 0. The van der Waals surface area contributed by atoms with Crippen LogP contribution < -0.4 is 0 Å². The molecule has 0 saturated heterocycles. The van der Waals surface area contributed by atoms with Gasteiger partial charge in [0.25, 0.3) is 0 Å². The van der Waals surface area contributed by atoms with Crippen LogP contribution >= 0.6 is 24.0 Å². The van der Waals surface area contributed by atoms with Gasteiger partial charge >= 0.3 is 0 Å². The molecule has 0 atom stereocenters. The van der Waals surface area contributed by atoms with E-state index in [9.17, 15) is 0 Å². The molecule has 1 N–H and O–H groups in total. The van der Waals surface area contributed by atoms with Crippen molar-refractivity contribution in [3.8, 4) is 0 Å². The van der Waals surface area contributed by atoms with Gasteiger partial charge in [-0.1, -0.05) is 0 Å². The molecular formula is C5H13IO3. The molecule has 0 aromatic carbocycles. The molecule has 0 rings (SSSR count). The smallest absolute Gasteiger partial charge is 0.0701 e. The molecule has 0 aromatic rings. The van der Waals surface area contributed by atoms with Crippen LogP contribution in [0.5, 0.6) is 0 Å². The lowest BCUT2D eigenvalue weighted by Gasteiger charge is -1.98. The number of aliphatic hydroxyl groups excluding tert-OH is 1. The summed E-state index contributed by atoms with van der Waals surface area (Å²) in [6.07, 6.45) is 0. The maximum atomic E-state index is 8.20. The molecule has 4 heteroatoms. The number of halogens is 1. The van der Waals surface area contributed by atoms with Crippen molar-refractivity contribution in [1.29, 1.82) is 0 Å². The van der Waals surface area contributed by atoms with Gasteiger partial charge in [0.1, 0.15) is 0 Å². The molecule has 0 aliphatic heterocycles. The van der Waals surface area contributed by atoms with Gasteiger partial charge < -0.3 is 14.6 Å². The SMILES string of the molecule is COCCOCCO.I. The molecule has 0 amide bonds. The van der Waals surface area contributed by atoms with Gasteiger partial charge in [0.15, 0.2) is 0 Å². The van der Waals surface area contributed by atoms with Crippen LogP contribution in [0.15, 0.2) is 0 Å². The molecule has 9 heavy (non-hydrogen) atoms. The standard InChI is InChI=1S/C5H12O3.HI/c1-7-4-5-8-3-2-6;/h6H,2-5H2,1H3;1H. The van der Waals surface area contributed by atoms with Crippen molar-refractivity contribution in [2.45, 2.75) is 0 Å². The molecule has 0 unspecified atom stereocenters. The van der Waals surface area contributed by atoms with Crippen LogP contribution in [0.1, 0.15) is 0 Å². The summed E-state index contributed by atoms with van der Waals surface area (Å²) in [5, 5.41) is 8.20. The predicted molar refractivity (Wildman–Crippen MR) is 45.2 cm³/mol. The average molecular weight is 248 g/mol. The summed E-state index contributed by atoms with van der Waals surface area (Å²) < 4.78 is 9.53. The number of hydrogen-bond donors (Lipinski definition) is 1. The van der Waals surface area contributed by atoms with Gasteiger partial charge in [0.2, 0.25) is 0 Å². The quantitative estimate of drug-likeness (QED) is 0.560. The minimum absolute atomic E-state index is 0. The van der Waals surface area contributed by atoms with Crippen LogP contribution in [-0.2, 0) is 9.47 Å². The molecule has 0 saturated carbocycles. The number of rotatable bonds is 5. The van der Waals surface area contributed by atoms with Gasteiger partial charge in [0.05, 0.1) is 26.4 Å². The Bertz CT molecular complexity index is 37.2. The first kappa shape index (κ1) is 12.3. The summed E-state index contributed by atoms with van der Waals surface area (Å²) in [6, 6.07) is 0. The highest BCUT2D eigenvalue weighted by Gasteiger charge is 1.82. The minimum atomic E-state index is 0. The topological polar surface area (TPSA) is 38.7 Å². The van der Waals surface area contributed by atoms with Gasteiger partial charge in [0, 0.05) is 7.11 Å². The molecule has 3 nitrogen and oxygen atoms in total. The van der Waals surface area contributed by atoms with Crippen LogP contribution in [0.4, 0.5) is 0 Å². The maximum Gasteiger partial charge on any atom is 0.0701 e. The van der Waals surface area contributed by atoms with Crippen LogP contribution in [0.3, 0.4) is 0 Å². The van der Waals surface area contributed by atoms with E-state index in [-0.39, 0.29) is 30.6 Å². The lowest BCUT2D eigenvalue weighted by atomic mass is 10.7. The van der Waals surface area contributed by atoms with Crippen molar-refractivity contribution in [2.75, 3.05) is 33.5 Å². The summed E-state index contributed by atoms with van der Waals surface area (Å²) in [5.41, 5.74) is 0. The van der Waals surface area contributed by atoms with Gasteiger partial charge in [-0.25, -0.2) is 0 Å². The Labute approximate surface area is 72.4 Å². The maximum absolute atomic E-state index is 8.20. The molecule has 0 heterocycles. The first-order valence-corrected chi connectivity index (χ1v) is 2.59. The third-order valence-corrected chi connectivity index (χ3v) is 0.667. The minimum Gasteiger partial charge on any atom is -0.394 e. The van der Waals surface area contributed by atoms with Crippen molar-refractivity contribution >= 4 is 24.0 Å². The summed E-state index contributed by atoms with van der Waals surface area (Å²) in [5.74, 6) is 0. The van der Waals surface area contributed by atoms with Crippen LogP contribution in [-0.4, -0.2) is 38.6 Å². The van der Waals surface area contributed by atoms with E-state index in [2.05, 4.69) is 4.74 Å². The number of methoxy groups -OCH3 is 1. The Balaban J connectivity index is 0. The van der Waals surface area contributed by atoms with E-state index in [0.29, 0.717) is 19.8 Å². The molecule has 0 spiro atoms. The fourth-order valence-corrected chi connectivity index (χ4v) is 0.309. The zero-order valence-electron chi connectivity index (χ0n) is 5.50. The number of aliphatic hydroxyl groups is 1. The molecule has 0 fully saturated rings. The largest absolute Gasteiger partial charge is 0.394 e. The fraction of sp³-hybridized carbons (Fsp3) is 1.00.